The maximum absolute atomic E-state index is 11.9. The molecule has 1 aromatic rings. The Morgan fingerprint density at radius 3 is 2.52 bits per heavy atom. The molecule has 6 nitrogen and oxygen atoms in total. The number of hydrogen-bond donors (Lipinski definition) is 1. The van der Waals surface area contributed by atoms with Crippen molar-refractivity contribution in [3.05, 3.63) is 42.5 Å². The molecule has 0 spiro atoms. The number of methoxy groups -OCH3 is 1. The molecule has 0 aliphatic heterocycles. The van der Waals surface area contributed by atoms with Gasteiger partial charge >= 0.3 is 12.1 Å². The van der Waals surface area contributed by atoms with Gasteiger partial charge in [-0.2, -0.15) is 0 Å². The average Bonchev–Trinajstić information content (AvgIpc) is 2.50. The van der Waals surface area contributed by atoms with Crippen molar-refractivity contribution in [2.24, 2.45) is 0 Å². The van der Waals surface area contributed by atoms with Crippen molar-refractivity contribution in [1.29, 1.82) is 0 Å². The molecule has 0 radical (unpaired) electrons. The zero-order valence-corrected chi connectivity index (χ0v) is 12.2. The Morgan fingerprint density at radius 1 is 1.38 bits per heavy atom. The van der Waals surface area contributed by atoms with E-state index < -0.39 is 18.1 Å². The van der Waals surface area contributed by atoms with E-state index in [1.807, 2.05) is 0 Å². The number of amides is 1. The maximum Gasteiger partial charge on any atom is 0.410 e. The summed E-state index contributed by atoms with van der Waals surface area (Å²) in [6, 6.07) is 6.30. The topological polar surface area (TPSA) is 81.9 Å². The largest absolute Gasteiger partial charge is 0.467 e. The summed E-state index contributed by atoms with van der Waals surface area (Å²) in [4.78, 5) is 24.9. The highest BCUT2D eigenvalue weighted by molar-refractivity contribution is 5.81. The lowest BCUT2D eigenvalue weighted by Gasteiger charge is -2.25. The molecular formula is C15H20N2O4. The van der Waals surface area contributed by atoms with Crippen LogP contribution in [-0.4, -0.2) is 43.8 Å². The van der Waals surface area contributed by atoms with Crippen LogP contribution in [0.15, 0.2) is 36.9 Å². The lowest BCUT2D eigenvalue weighted by molar-refractivity contribution is -0.145. The van der Waals surface area contributed by atoms with Crippen molar-refractivity contribution < 1.29 is 19.1 Å². The Bertz CT molecular complexity index is 499. The van der Waals surface area contributed by atoms with Crippen molar-refractivity contribution in [3.8, 4) is 0 Å². The van der Waals surface area contributed by atoms with E-state index in [0.717, 1.165) is 5.56 Å². The first-order chi connectivity index (χ1) is 9.99. The first-order valence-corrected chi connectivity index (χ1v) is 6.42. The molecule has 0 unspecified atom stereocenters. The number of likely N-dealkylation sites (N-methyl/N-ethyl adjacent to an activating group) is 1. The summed E-state index contributed by atoms with van der Waals surface area (Å²) in [5, 5.41) is 0. The molecule has 21 heavy (non-hydrogen) atoms. The number of benzene rings is 1. The Balaban J connectivity index is 2.84. The van der Waals surface area contributed by atoms with E-state index in [0.29, 0.717) is 12.1 Å². The van der Waals surface area contributed by atoms with Gasteiger partial charge < -0.3 is 15.2 Å². The highest BCUT2D eigenvalue weighted by Crippen LogP contribution is 2.13. The Hall–Kier alpha value is -2.50. The summed E-state index contributed by atoms with van der Waals surface area (Å²) in [7, 11) is 2.77. The second-order valence-corrected chi connectivity index (χ2v) is 4.46. The minimum absolute atomic E-state index is 0.0823. The molecule has 0 aliphatic rings. The predicted molar refractivity (Wildman–Crippen MR) is 79.7 cm³/mol. The van der Waals surface area contributed by atoms with E-state index in [2.05, 4.69) is 6.58 Å². The van der Waals surface area contributed by atoms with Crippen LogP contribution in [-0.2, 0) is 20.7 Å². The Morgan fingerprint density at radius 2 is 2.00 bits per heavy atom. The number of carbonyl (C=O) groups excluding carboxylic acids is 2. The Labute approximate surface area is 124 Å². The van der Waals surface area contributed by atoms with Gasteiger partial charge in [-0.15, -0.1) is 0 Å². The van der Waals surface area contributed by atoms with Gasteiger partial charge in [0.1, 0.15) is 12.6 Å². The van der Waals surface area contributed by atoms with Crippen molar-refractivity contribution in [2.75, 3.05) is 26.5 Å². The SMILES string of the molecule is C=CCOC(=O)N(C)[C@@H](Cc1ccc(N)cc1)C(=O)OC. The third-order valence-electron chi connectivity index (χ3n) is 2.96. The summed E-state index contributed by atoms with van der Waals surface area (Å²) in [5.41, 5.74) is 7.12. The molecule has 0 aliphatic carbocycles. The number of hydrogen-bond acceptors (Lipinski definition) is 5. The molecule has 1 aromatic carbocycles. The van der Waals surface area contributed by atoms with Crippen LogP contribution >= 0.6 is 0 Å². The fraction of sp³-hybridized carbons (Fsp3) is 0.333. The molecule has 6 heteroatoms. The van der Waals surface area contributed by atoms with E-state index in [1.54, 1.807) is 24.3 Å². The van der Waals surface area contributed by atoms with Crippen LogP contribution < -0.4 is 5.73 Å². The van der Waals surface area contributed by atoms with Gasteiger partial charge in [-0.3, -0.25) is 4.90 Å². The minimum atomic E-state index is -0.768. The van der Waals surface area contributed by atoms with Gasteiger partial charge in [-0.25, -0.2) is 9.59 Å². The summed E-state index contributed by atoms with van der Waals surface area (Å²) in [6.07, 6.45) is 1.16. The zero-order chi connectivity index (χ0) is 15.8. The van der Waals surface area contributed by atoms with E-state index >= 15 is 0 Å². The van der Waals surface area contributed by atoms with E-state index in [4.69, 9.17) is 15.2 Å². The molecule has 1 rings (SSSR count). The molecule has 0 fully saturated rings. The standard InChI is InChI=1S/C15H20N2O4/c1-4-9-21-15(19)17(2)13(14(18)20-3)10-11-5-7-12(16)8-6-11/h4-8,13H,1,9-10,16H2,2-3H3/t13-/m0/s1. The van der Waals surface area contributed by atoms with Gasteiger partial charge in [0.05, 0.1) is 7.11 Å². The number of esters is 1. The molecule has 114 valence electrons. The van der Waals surface area contributed by atoms with Crippen molar-refractivity contribution in [3.63, 3.8) is 0 Å². The van der Waals surface area contributed by atoms with E-state index in [-0.39, 0.29) is 6.61 Å². The first-order valence-electron chi connectivity index (χ1n) is 6.42. The van der Waals surface area contributed by atoms with E-state index in [1.165, 1.54) is 25.1 Å². The monoisotopic (exact) mass is 292 g/mol. The molecule has 2 N–H and O–H groups in total. The Kier molecular flexibility index (Phi) is 6.26. The van der Waals surface area contributed by atoms with Crippen molar-refractivity contribution >= 4 is 17.7 Å². The zero-order valence-electron chi connectivity index (χ0n) is 12.2. The summed E-state index contributed by atoms with van der Waals surface area (Å²) in [5.74, 6) is -0.509. The second kappa shape index (κ2) is 7.94. The molecule has 1 atom stereocenters. The third kappa shape index (κ3) is 4.83. The van der Waals surface area contributed by atoms with Crippen LogP contribution in [0.4, 0.5) is 10.5 Å². The number of rotatable bonds is 6. The van der Waals surface area contributed by atoms with Gasteiger partial charge in [0.2, 0.25) is 0 Å². The fourth-order valence-electron chi connectivity index (χ4n) is 1.75. The lowest BCUT2D eigenvalue weighted by Crippen LogP contribution is -2.44. The van der Waals surface area contributed by atoms with Crippen LogP contribution in [0.5, 0.6) is 0 Å². The van der Waals surface area contributed by atoms with Gasteiger partial charge in [-0.05, 0) is 17.7 Å². The van der Waals surface area contributed by atoms with Crippen LogP contribution in [0.25, 0.3) is 0 Å². The van der Waals surface area contributed by atoms with Gasteiger partial charge in [0, 0.05) is 19.2 Å². The molecule has 0 saturated carbocycles. The number of nitrogens with zero attached hydrogens (tertiary/aromatic N) is 1. The summed E-state index contributed by atoms with van der Waals surface area (Å²) >= 11 is 0. The molecule has 1 amide bonds. The quantitative estimate of drug-likeness (QED) is 0.489. The van der Waals surface area contributed by atoms with Crippen molar-refractivity contribution in [1.82, 2.24) is 4.90 Å². The molecule has 0 heterocycles. The second-order valence-electron chi connectivity index (χ2n) is 4.46. The van der Waals surface area contributed by atoms with Gasteiger partial charge in [0.25, 0.3) is 0 Å². The molecule has 0 saturated heterocycles. The highest BCUT2D eigenvalue weighted by atomic mass is 16.6. The van der Waals surface area contributed by atoms with Crippen LogP contribution in [0.2, 0.25) is 0 Å². The molecule has 0 bridgehead atoms. The highest BCUT2D eigenvalue weighted by Gasteiger charge is 2.28. The summed E-state index contributed by atoms with van der Waals surface area (Å²) < 4.78 is 9.68. The number of ether oxygens (including phenoxy) is 2. The van der Waals surface area contributed by atoms with Crippen LogP contribution in [0.1, 0.15) is 5.56 Å². The van der Waals surface area contributed by atoms with Crippen LogP contribution in [0.3, 0.4) is 0 Å². The first kappa shape index (κ1) is 16.6. The third-order valence-corrected chi connectivity index (χ3v) is 2.96. The summed E-state index contributed by atoms with van der Waals surface area (Å²) in [6.45, 7) is 3.55. The van der Waals surface area contributed by atoms with E-state index in [9.17, 15) is 9.59 Å². The lowest BCUT2D eigenvalue weighted by atomic mass is 10.0. The fourth-order valence-corrected chi connectivity index (χ4v) is 1.75. The van der Waals surface area contributed by atoms with Gasteiger partial charge in [-0.1, -0.05) is 24.8 Å². The average molecular weight is 292 g/mol. The predicted octanol–water partition coefficient (Wildman–Crippen LogP) is 1.61. The van der Waals surface area contributed by atoms with Crippen molar-refractivity contribution in [2.45, 2.75) is 12.5 Å². The van der Waals surface area contributed by atoms with Gasteiger partial charge in [0.15, 0.2) is 0 Å². The normalized spacial score (nSPS) is 11.3. The molecular weight excluding hydrogens is 272 g/mol. The number of carbonyl (C=O) groups is 2. The maximum atomic E-state index is 11.9. The number of nitrogen functional groups attached to an aromatic ring is 1. The number of anilines is 1. The molecule has 0 aromatic heterocycles. The number of nitrogens with two attached hydrogens (primary N) is 1. The smallest absolute Gasteiger partial charge is 0.410 e. The minimum Gasteiger partial charge on any atom is -0.467 e. The van der Waals surface area contributed by atoms with Crippen LogP contribution in [0, 0.1) is 0 Å².